The van der Waals surface area contributed by atoms with Crippen LogP contribution in [0.25, 0.3) is 0 Å². The van der Waals surface area contributed by atoms with E-state index in [1.54, 1.807) is 11.3 Å². The van der Waals surface area contributed by atoms with Gasteiger partial charge >= 0.3 is 0 Å². The predicted molar refractivity (Wildman–Crippen MR) is 159 cm³/mol. The molecule has 1 aromatic heterocycles. The van der Waals surface area contributed by atoms with Crippen LogP contribution in [0.2, 0.25) is 5.02 Å². The third kappa shape index (κ3) is 7.12. The van der Waals surface area contributed by atoms with Crippen molar-refractivity contribution < 1.29 is 14.4 Å². The van der Waals surface area contributed by atoms with E-state index in [0.717, 1.165) is 49.0 Å². The van der Waals surface area contributed by atoms with Crippen LogP contribution < -0.4 is 5.32 Å². The van der Waals surface area contributed by atoms with Crippen LogP contribution in [0.5, 0.6) is 0 Å². The van der Waals surface area contributed by atoms with Gasteiger partial charge in [-0.15, -0.1) is 11.3 Å². The Hall–Kier alpha value is -3.16. The molecule has 3 aromatic rings. The van der Waals surface area contributed by atoms with Gasteiger partial charge in [-0.25, -0.2) is 0 Å². The first-order valence-corrected chi connectivity index (χ1v) is 15.4. The van der Waals surface area contributed by atoms with E-state index in [1.165, 1.54) is 0 Å². The second-order valence-corrected chi connectivity index (χ2v) is 12.3. The van der Waals surface area contributed by atoms with Gasteiger partial charge < -0.3 is 15.1 Å². The third-order valence-corrected chi connectivity index (χ3v) is 9.18. The maximum absolute atomic E-state index is 13.8. The van der Waals surface area contributed by atoms with Gasteiger partial charge in [-0.1, -0.05) is 60.8 Å². The lowest BCUT2D eigenvalue weighted by Gasteiger charge is -2.41. The number of carbonyl (C=O) groups is 3. The van der Waals surface area contributed by atoms with Crippen molar-refractivity contribution in [2.45, 2.75) is 63.6 Å². The lowest BCUT2D eigenvalue weighted by Crippen LogP contribution is -2.56. The Bertz CT molecular complexity index is 1280. The van der Waals surface area contributed by atoms with Crippen LogP contribution in [-0.2, 0) is 22.6 Å². The normalized spacial score (nSPS) is 21.0. The highest BCUT2D eigenvalue weighted by Crippen LogP contribution is 2.28. The SMILES string of the molecule is O=C(NC1CCCC[C@H]1N(Cc1ccc(Cl)cc1)C(=O)c1ccccc1)C1CCCN(C(=O)Cc2cccs2)C1. The first-order valence-electron chi connectivity index (χ1n) is 14.2. The summed E-state index contributed by atoms with van der Waals surface area (Å²) in [5.74, 6) is -0.204. The lowest BCUT2D eigenvalue weighted by atomic mass is 9.87. The van der Waals surface area contributed by atoms with Crippen LogP contribution in [0.1, 0.15) is 59.3 Å². The second-order valence-electron chi connectivity index (χ2n) is 10.8. The van der Waals surface area contributed by atoms with Gasteiger partial charge in [0.05, 0.1) is 18.4 Å². The van der Waals surface area contributed by atoms with Gasteiger partial charge in [0.1, 0.15) is 0 Å². The van der Waals surface area contributed by atoms with Crippen LogP contribution in [0.15, 0.2) is 72.1 Å². The average Bonchev–Trinajstić information content (AvgIpc) is 3.50. The minimum Gasteiger partial charge on any atom is -0.351 e. The Morgan fingerprint density at radius 2 is 1.70 bits per heavy atom. The van der Waals surface area contributed by atoms with Gasteiger partial charge in [-0.05, 0) is 67.0 Å². The smallest absolute Gasteiger partial charge is 0.254 e. The number of nitrogens with zero attached hydrogens (tertiary/aromatic N) is 2. The van der Waals surface area contributed by atoms with Gasteiger partial charge in [-0.3, -0.25) is 14.4 Å². The van der Waals surface area contributed by atoms with E-state index in [4.69, 9.17) is 11.6 Å². The van der Waals surface area contributed by atoms with Crippen molar-refractivity contribution in [3.05, 3.63) is 93.1 Å². The molecule has 0 spiro atoms. The molecular formula is C32H36ClN3O3S. The van der Waals surface area contributed by atoms with Crippen LogP contribution in [0, 0.1) is 5.92 Å². The summed E-state index contributed by atoms with van der Waals surface area (Å²) in [6, 6.07) is 20.6. The largest absolute Gasteiger partial charge is 0.351 e. The Morgan fingerprint density at radius 1 is 0.925 bits per heavy atom. The highest BCUT2D eigenvalue weighted by atomic mass is 35.5. The predicted octanol–water partition coefficient (Wildman–Crippen LogP) is 5.95. The molecule has 6 nitrogen and oxygen atoms in total. The van der Waals surface area contributed by atoms with Gasteiger partial charge in [0, 0.05) is 41.1 Å². The zero-order valence-corrected chi connectivity index (χ0v) is 24.2. The zero-order valence-electron chi connectivity index (χ0n) is 22.6. The van der Waals surface area contributed by atoms with Crippen molar-refractivity contribution >= 4 is 40.7 Å². The van der Waals surface area contributed by atoms with E-state index in [0.29, 0.717) is 36.6 Å². The standard InChI is InChI=1S/C32H36ClN3O3S/c33-26-16-14-23(15-17-26)21-36(32(39)24-8-2-1-3-9-24)29-13-5-4-12-28(29)34-31(38)25-10-6-18-35(22-25)30(37)20-27-11-7-19-40-27/h1-3,7-9,11,14-17,19,25,28-29H,4-6,10,12-13,18,20-22H2,(H,34,38)/t25?,28?,29-/m1/s1. The van der Waals surface area contributed by atoms with E-state index < -0.39 is 0 Å². The highest BCUT2D eigenvalue weighted by Gasteiger charge is 2.36. The molecule has 2 aliphatic rings. The summed E-state index contributed by atoms with van der Waals surface area (Å²) in [7, 11) is 0. The summed E-state index contributed by atoms with van der Waals surface area (Å²) in [6.45, 7) is 1.59. The summed E-state index contributed by atoms with van der Waals surface area (Å²) in [5.41, 5.74) is 1.63. The van der Waals surface area contributed by atoms with Crippen LogP contribution in [0.4, 0.5) is 0 Å². The molecule has 1 N–H and O–H groups in total. The van der Waals surface area contributed by atoms with E-state index in [2.05, 4.69) is 5.32 Å². The molecule has 1 aliphatic carbocycles. The van der Waals surface area contributed by atoms with Crippen molar-refractivity contribution in [1.82, 2.24) is 15.1 Å². The number of piperidine rings is 1. The van der Waals surface area contributed by atoms with Crippen LogP contribution >= 0.6 is 22.9 Å². The molecule has 210 valence electrons. The first-order chi connectivity index (χ1) is 19.5. The molecule has 0 radical (unpaired) electrons. The Balaban J connectivity index is 1.30. The molecule has 2 aromatic carbocycles. The molecule has 5 rings (SSSR count). The number of benzene rings is 2. The highest BCUT2D eigenvalue weighted by molar-refractivity contribution is 7.10. The van der Waals surface area contributed by atoms with Gasteiger partial charge in [0.25, 0.3) is 5.91 Å². The fourth-order valence-corrected chi connectivity index (χ4v) is 6.74. The van der Waals surface area contributed by atoms with Crippen molar-refractivity contribution in [1.29, 1.82) is 0 Å². The summed E-state index contributed by atoms with van der Waals surface area (Å²) >= 11 is 7.71. The number of hydrogen-bond donors (Lipinski definition) is 1. The van der Waals surface area contributed by atoms with Gasteiger partial charge in [0.2, 0.25) is 11.8 Å². The van der Waals surface area contributed by atoms with Crippen molar-refractivity contribution in [3.8, 4) is 0 Å². The van der Waals surface area contributed by atoms with E-state index in [-0.39, 0.29) is 35.7 Å². The molecule has 0 bridgehead atoms. The quantitative estimate of drug-likeness (QED) is 0.359. The monoisotopic (exact) mass is 577 g/mol. The second kappa shape index (κ2) is 13.5. The van der Waals surface area contributed by atoms with Gasteiger partial charge in [-0.2, -0.15) is 0 Å². The molecule has 2 heterocycles. The summed E-state index contributed by atoms with van der Waals surface area (Å²) in [4.78, 5) is 45.2. The summed E-state index contributed by atoms with van der Waals surface area (Å²) in [6.07, 6.45) is 5.63. The number of rotatable bonds is 8. The van der Waals surface area contributed by atoms with E-state index in [1.807, 2.05) is 81.9 Å². The Morgan fingerprint density at radius 3 is 2.45 bits per heavy atom. The lowest BCUT2D eigenvalue weighted by molar-refractivity contribution is -0.135. The molecule has 8 heteroatoms. The van der Waals surface area contributed by atoms with E-state index >= 15 is 0 Å². The molecule has 1 aliphatic heterocycles. The molecular weight excluding hydrogens is 542 g/mol. The Kier molecular flexibility index (Phi) is 9.55. The molecule has 1 saturated carbocycles. The molecule has 3 amide bonds. The fourth-order valence-electron chi connectivity index (χ4n) is 5.92. The molecule has 2 unspecified atom stereocenters. The molecule has 1 saturated heterocycles. The number of nitrogens with one attached hydrogen (secondary N) is 1. The van der Waals surface area contributed by atoms with E-state index in [9.17, 15) is 14.4 Å². The van der Waals surface area contributed by atoms with Crippen molar-refractivity contribution in [2.24, 2.45) is 5.92 Å². The summed E-state index contributed by atoms with van der Waals surface area (Å²) < 4.78 is 0. The minimum absolute atomic E-state index is 0.0101. The number of hydrogen-bond acceptors (Lipinski definition) is 4. The fraction of sp³-hybridized carbons (Fsp3) is 0.406. The number of carbonyl (C=O) groups excluding carboxylic acids is 3. The maximum atomic E-state index is 13.8. The maximum Gasteiger partial charge on any atom is 0.254 e. The van der Waals surface area contributed by atoms with Crippen molar-refractivity contribution in [3.63, 3.8) is 0 Å². The molecule has 2 fully saturated rings. The topological polar surface area (TPSA) is 69.7 Å². The molecule has 40 heavy (non-hydrogen) atoms. The Labute approximate surface area is 245 Å². The number of halogens is 1. The van der Waals surface area contributed by atoms with Gasteiger partial charge in [0.15, 0.2) is 0 Å². The summed E-state index contributed by atoms with van der Waals surface area (Å²) in [5, 5.41) is 5.97. The average molecular weight is 578 g/mol. The third-order valence-electron chi connectivity index (χ3n) is 8.06. The molecule has 3 atom stereocenters. The minimum atomic E-state index is -0.238. The number of amides is 3. The number of thiophene rings is 1. The zero-order chi connectivity index (χ0) is 27.9. The first kappa shape index (κ1) is 28.4. The van der Waals surface area contributed by atoms with Crippen molar-refractivity contribution in [2.75, 3.05) is 13.1 Å². The van der Waals surface area contributed by atoms with Crippen LogP contribution in [0.3, 0.4) is 0 Å². The number of likely N-dealkylation sites (tertiary alicyclic amines) is 1. The van der Waals surface area contributed by atoms with Crippen LogP contribution in [-0.4, -0.2) is 52.7 Å².